The maximum absolute atomic E-state index is 9.32. The quantitative estimate of drug-likeness (QED) is 0.754. The summed E-state index contributed by atoms with van der Waals surface area (Å²) in [5.74, 6) is -0.559. The third-order valence-corrected chi connectivity index (χ3v) is 3.38. The van der Waals surface area contributed by atoms with E-state index < -0.39 is 5.92 Å². The van der Waals surface area contributed by atoms with Crippen molar-refractivity contribution in [3.8, 4) is 6.07 Å². The van der Waals surface area contributed by atoms with Gasteiger partial charge in [-0.05, 0) is 23.8 Å². The molecule has 1 aromatic heterocycles. The Morgan fingerprint density at radius 2 is 1.89 bits per heavy atom. The SMILES string of the molecule is N#CC(c1ccc(Cl)cc1Cl)c1cccnc1Cl. The van der Waals surface area contributed by atoms with Crippen LogP contribution in [-0.4, -0.2) is 4.98 Å². The summed E-state index contributed by atoms with van der Waals surface area (Å²) in [6.45, 7) is 0. The van der Waals surface area contributed by atoms with E-state index in [-0.39, 0.29) is 0 Å². The van der Waals surface area contributed by atoms with Crippen LogP contribution in [-0.2, 0) is 0 Å². The van der Waals surface area contributed by atoms with Crippen molar-refractivity contribution >= 4 is 34.8 Å². The summed E-state index contributed by atoms with van der Waals surface area (Å²) >= 11 is 17.9. The highest BCUT2D eigenvalue weighted by Crippen LogP contribution is 2.33. The van der Waals surface area contributed by atoms with Gasteiger partial charge >= 0.3 is 0 Å². The maximum Gasteiger partial charge on any atom is 0.133 e. The van der Waals surface area contributed by atoms with E-state index in [2.05, 4.69) is 11.1 Å². The average Bonchev–Trinajstić information content (AvgIpc) is 2.34. The van der Waals surface area contributed by atoms with E-state index in [4.69, 9.17) is 34.8 Å². The number of rotatable bonds is 2. The van der Waals surface area contributed by atoms with Crippen molar-refractivity contribution in [2.45, 2.75) is 5.92 Å². The van der Waals surface area contributed by atoms with E-state index in [1.54, 1.807) is 36.5 Å². The molecule has 0 amide bonds. The molecule has 2 aromatic rings. The van der Waals surface area contributed by atoms with Gasteiger partial charge in [0.25, 0.3) is 0 Å². The van der Waals surface area contributed by atoms with Gasteiger partial charge in [0.05, 0.1) is 6.07 Å². The van der Waals surface area contributed by atoms with Crippen LogP contribution in [0.1, 0.15) is 17.0 Å². The molecule has 18 heavy (non-hydrogen) atoms. The lowest BCUT2D eigenvalue weighted by atomic mass is 9.94. The minimum atomic E-state index is -0.559. The molecule has 0 fully saturated rings. The molecule has 0 aliphatic rings. The molecule has 0 radical (unpaired) electrons. The summed E-state index contributed by atoms with van der Waals surface area (Å²) in [6.07, 6.45) is 1.57. The number of aromatic nitrogens is 1. The lowest BCUT2D eigenvalue weighted by Crippen LogP contribution is -2.01. The van der Waals surface area contributed by atoms with Crippen LogP contribution in [0.2, 0.25) is 15.2 Å². The number of nitriles is 1. The molecule has 1 unspecified atom stereocenters. The zero-order valence-electron chi connectivity index (χ0n) is 9.07. The molecule has 1 atom stereocenters. The molecule has 0 saturated carbocycles. The van der Waals surface area contributed by atoms with Crippen LogP contribution in [0.5, 0.6) is 0 Å². The lowest BCUT2D eigenvalue weighted by molar-refractivity contribution is 1.02. The van der Waals surface area contributed by atoms with Crippen molar-refractivity contribution in [2.24, 2.45) is 0 Å². The summed E-state index contributed by atoms with van der Waals surface area (Å²) in [7, 11) is 0. The van der Waals surface area contributed by atoms with Crippen LogP contribution in [0.25, 0.3) is 0 Å². The molecule has 0 aliphatic carbocycles. The minimum absolute atomic E-state index is 0.301. The van der Waals surface area contributed by atoms with E-state index >= 15 is 0 Å². The van der Waals surface area contributed by atoms with E-state index in [0.717, 1.165) is 0 Å². The highest BCUT2D eigenvalue weighted by molar-refractivity contribution is 6.35. The molecule has 0 spiro atoms. The first-order valence-electron chi connectivity index (χ1n) is 5.08. The summed E-state index contributed by atoms with van der Waals surface area (Å²) in [6, 6.07) is 10.7. The molecule has 1 heterocycles. The standard InChI is InChI=1S/C13H7Cl3N2/c14-8-3-4-9(12(15)6-8)11(7-17)10-2-1-5-18-13(10)16/h1-6,11H. The monoisotopic (exact) mass is 296 g/mol. The number of nitrogens with zero attached hydrogens (tertiary/aromatic N) is 2. The molecule has 2 rings (SSSR count). The fourth-order valence-corrected chi connectivity index (χ4v) is 2.40. The van der Waals surface area contributed by atoms with Crippen LogP contribution in [0.3, 0.4) is 0 Å². The molecule has 0 saturated heterocycles. The Morgan fingerprint density at radius 1 is 1.11 bits per heavy atom. The van der Waals surface area contributed by atoms with Gasteiger partial charge in [-0.1, -0.05) is 46.9 Å². The Kier molecular flexibility index (Phi) is 4.08. The second-order valence-electron chi connectivity index (χ2n) is 3.61. The minimum Gasteiger partial charge on any atom is -0.244 e. The maximum atomic E-state index is 9.32. The predicted octanol–water partition coefficient (Wildman–Crippen LogP) is 4.70. The Hall–Kier alpha value is -1.27. The molecule has 2 nitrogen and oxygen atoms in total. The zero-order chi connectivity index (χ0) is 13.1. The molecule has 0 aliphatic heterocycles. The number of halogens is 3. The molecule has 5 heteroatoms. The summed E-state index contributed by atoms with van der Waals surface area (Å²) < 4.78 is 0. The van der Waals surface area contributed by atoms with E-state index in [1.807, 2.05) is 0 Å². The van der Waals surface area contributed by atoms with Gasteiger partial charge in [-0.25, -0.2) is 4.98 Å². The van der Waals surface area contributed by atoms with E-state index in [1.165, 1.54) is 0 Å². The van der Waals surface area contributed by atoms with Gasteiger partial charge < -0.3 is 0 Å². The highest BCUT2D eigenvalue weighted by atomic mass is 35.5. The van der Waals surface area contributed by atoms with Gasteiger partial charge in [-0.3, -0.25) is 0 Å². The Balaban J connectivity index is 2.54. The van der Waals surface area contributed by atoms with Crippen LogP contribution in [0, 0.1) is 11.3 Å². The normalized spacial score (nSPS) is 11.9. The van der Waals surface area contributed by atoms with Gasteiger partial charge in [-0.2, -0.15) is 5.26 Å². The second-order valence-corrected chi connectivity index (χ2v) is 4.81. The largest absolute Gasteiger partial charge is 0.244 e. The van der Waals surface area contributed by atoms with Gasteiger partial charge in [0, 0.05) is 21.8 Å². The van der Waals surface area contributed by atoms with Gasteiger partial charge in [0.2, 0.25) is 0 Å². The molecule has 0 N–H and O–H groups in total. The molecule has 1 aromatic carbocycles. The fraction of sp³-hybridized carbons (Fsp3) is 0.0769. The first kappa shape index (κ1) is 13.2. The van der Waals surface area contributed by atoms with Gasteiger partial charge in [0.1, 0.15) is 11.1 Å². The first-order valence-corrected chi connectivity index (χ1v) is 6.22. The van der Waals surface area contributed by atoms with Crippen molar-refractivity contribution in [1.82, 2.24) is 4.98 Å². The smallest absolute Gasteiger partial charge is 0.133 e. The zero-order valence-corrected chi connectivity index (χ0v) is 11.3. The van der Waals surface area contributed by atoms with E-state index in [9.17, 15) is 5.26 Å². The molecular formula is C13H7Cl3N2. The van der Waals surface area contributed by atoms with E-state index in [0.29, 0.717) is 26.3 Å². The molecular weight excluding hydrogens is 291 g/mol. The number of hydrogen-bond acceptors (Lipinski definition) is 2. The average molecular weight is 298 g/mol. The topological polar surface area (TPSA) is 36.7 Å². The fourth-order valence-electron chi connectivity index (χ4n) is 1.66. The van der Waals surface area contributed by atoms with Crippen LogP contribution in [0.15, 0.2) is 36.5 Å². The first-order chi connectivity index (χ1) is 8.63. The number of pyridine rings is 1. The molecule has 90 valence electrons. The summed E-state index contributed by atoms with van der Waals surface area (Å²) in [5.41, 5.74) is 1.30. The second kappa shape index (κ2) is 5.58. The third-order valence-electron chi connectivity index (χ3n) is 2.50. The Labute approximate surface area is 120 Å². The van der Waals surface area contributed by atoms with Crippen molar-refractivity contribution in [3.05, 3.63) is 62.9 Å². The Morgan fingerprint density at radius 3 is 2.50 bits per heavy atom. The van der Waals surface area contributed by atoms with Crippen molar-refractivity contribution < 1.29 is 0 Å². The van der Waals surface area contributed by atoms with Crippen molar-refractivity contribution in [3.63, 3.8) is 0 Å². The highest BCUT2D eigenvalue weighted by Gasteiger charge is 2.19. The lowest BCUT2D eigenvalue weighted by Gasteiger charge is -2.12. The molecule has 0 bridgehead atoms. The predicted molar refractivity (Wildman–Crippen MR) is 73.2 cm³/mol. The van der Waals surface area contributed by atoms with Crippen LogP contribution in [0.4, 0.5) is 0 Å². The van der Waals surface area contributed by atoms with Gasteiger partial charge in [-0.15, -0.1) is 0 Å². The summed E-state index contributed by atoms with van der Waals surface area (Å²) in [5, 5.41) is 10.6. The summed E-state index contributed by atoms with van der Waals surface area (Å²) in [4.78, 5) is 3.97. The number of hydrogen-bond donors (Lipinski definition) is 0. The van der Waals surface area contributed by atoms with Gasteiger partial charge in [0.15, 0.2) is 0 Å². The van der Waals surface area contributed by atoms with Crippen molar-refractivity contribution in [2.75, 3.05) is 0 Å². The van der Waals surface area contributed by atoms with Crippen LogP contribution >= 0.6 is 34.8 Å². The van der Waals surface area contributed by atoms with Crippen molar-refractivity contribution in [1.29, 1.82) is 5.26 Å². The Bertz CT molecular complexity index is 620. The third kappa shape index (κ3) is 2.59. The number of benzene rings is 1. The van der Waals surface area contributed by atoms with Crippen LogP contribution < -0.4 is 0 Å².